The Labute approximate surface area is 139 Å². The van der Waals surface area contributed by atoms with Gasteiger partial charge in [0.25, 0.3) is 0 Å². The van der Waals surface area contributed by atoms with E-state index in [9.17, 15) is 0 Å². The van der Waals surface area contributed by atoms with Gasteiger partial charge in [-0.25, -0.2) is 0 Å². The van der Waals surface area contributed by atoms with Gasteiger partial charge in [0.1, 0.15) is 0 Å². The van der Waals surface area contributed by atoms with E-state index in [0.29, 0.717) is 6.04 Å². The molecule has 0 aliphatic carbocycles. The number of nitrogens with zero attached hydrogens (tertiary/aromatic N) is 1. The van der Waals surface area contributed by atoms with Crippen molar-refractivity contribution in [3.63, 3.8) is 0 Å². The van der Waals surface area contributed by atoms with Gasteiger partial charge in [-0.05, 0) is 61.7 Å². The Hall–Kier alpha value is -2.54. The van der Waals surface area contributed by atoms with Crippen molar-refractivity contribution in [1.29, 1.82) is 0 Å². The first-order valence-corrected chi connectivity index (χ1v) is 8.16. The second kappa shape index (κ2) is 6.70. The number of aryl methyl sites for hydroxylation is 1. The third-order valence-electron chi connectivity index (χ3n) is 4.03. The van der Waals surface area contributed by atoms with E-state index < -0.39 is 0 Å². The third-order valence-corrected chi connectivity index (χ3v) is 4.03. The number of hydrogen-bond acceptors (Lipinski definition) is 1. The van der Waals surface area contributed by atoms with Gasteiger partial charge in [-0.3, -0.25) is 0 Å². The van der Waals surface area contributed by atoms with Crippen LogP contribution in [0, 0.1) is 6.92 Å². The summed E-state index contributed by atoms with van der Waals surface area (Å²) in [6.45, 7) is 6.61. The van der Waals surface area contributed by atoms with Gasteiger partial charge < -0.3 is 4.90 Å². The van der Waals surface area contributed by atoms with E-state index in [1.807, 2.05) is 0 Å². The summed E-state index contributed by atoms with van der Waals surface area (Å²) < 4.78 is 0. The molecule has 0 aromatic heterocycles. The molecule has 0 aliphatic rings. The molecule has 3 aromatic carbocycles. The molecule has 0 N–H and O–H groups in total. The summed E-state index contributed by atoms with van der Waals surface area (Å²) in [5.41, 5.74) is 6.26. The predicted molar refractivity (Wildman–Crippen MR) is 100 cm³/mol. The van der Waals surface area contributed by atoms with Crippen LogP contribution < -0.4 is 4.90 Å². The summed E-state index contributed by atoms with van der Waals surface area (Å²) in [5.74, 6) is 0. The lowest BCUT2D eigenvalue weighted by Crippen LogP contribution is -2.25. The standard InChI is InChI=1S/C22H23N/c1-17(2)23(21-13-7-9-18(3)15-21)22-14-8-12-20(16-22)19-10-5-4-6-11-19/h4-17H,1-3H3. The monoisotopic (exact) mass is 301 g/mol. The number of rotatable bonds is 4. The molecule has 3 aromatic rings. The summed E-state index contributed by atoms with van der Waals surface area (Å²) >= 11 is 0. The maximum Gasteiger partial charge on any atom is 0.0419 e. The van der Waals surface area contributed by atoms with Crippen LogP contribution >= 0.6 is 0 Å². The molecule has 0 amide bonds. The van der Waals surface area contributed by atoms with Crippen LogP contribution in [-0.2, 0) is 0 Å². The molecule has 0 atom stereocenters. The molecule has 23 heavy (non-hydrogen) atoms. The highest BCUT2D eigenvalue weighted by Crippen LogP contribution is 2.31. The van der Waals surface area contributed by atoms with Gasteiger partial charge >= 0.3 is 0 Å². The van der Waals surface area contributed by atoms with Crippen molar-refractivity contribution in [1.82, 2.24) is 0 Å². The molecule has 0 spiro atoms. The van der Waals surface area contributed by atoms with Crippen molar-refractivity contribution in [2.24, 2.45) is 0 Å². The molecule has 0 saturated heterocycles. The highest BCUT2D eigenvalue weighted by molar-refractivity contribution is 5.72. The lowest BCUT2D eigenvalue weighted by atomic mass is 10.0. The lowest BCUT2D eigenvalue weighted by Gasteiger charge is -2.30. The molecule has 0 fully saturated rings. The molecule has 1 nitrogen and oxygen atoms in total. The normalized spacial score (nSPS) is 10.8. The largest absolute Gasteiger partial charge is 0.339 e. The Morgan fingerprint density at radius 3 is 1.91 bits per heavy atom. The van der Waals surface area contributed by atoms with E-state index >= 15 is 0 Å². The van der Waals surface area contributed by atoms with Gasteiger partial charge in [-0.2, -0.15) is 0 Å². The Kier molecular flexibility index (Phi) is 4.47. The zero-order valence-corrected chi connectivity index (χ0v) is 14.0. The Bertz CT molecular complexity index is 775. The average Bonchev–Trinajstić information content (AvgIpc) is 2.56. The van der Waals surface area contributed by atoms with Crippen LogP contribution in [0.1, 0.15) is 19.4 Å². The number of benzene rings is 3. The lowest BCUT2D eigenvalue weighted by molar-refractivity contribution is 0.788. The molecular formula is C22H23N. The van der Waals surface area contributed by atoms with Crippen molar-refractivity contribution in [2.75, 3.05) is 4.90 Å². The fraction of sp³-hybridized carbons (Fsp3) is 0.182. The molecule has 116 valence electrons. The van der Waals surface area contributed by atoms with Gasteiger partial charge in [0.05, 0.1) is 0 Å². The SMILES string of the molecule is Cc1cccc(N(c2cccc(-c3ccccc3)c2)C(C)C)c1. The first-order valence-electron chi connectivity index (χ1n) is 8.16. The predicted octanol–water partition coefficient (Wildman–Crippen LogP) is 6.21. The molecule has 0 radical (unpaired) electrons. The molecule has 1 heteroatoms. The first-order chi connectivity index (χ1) is 11.1. The maximum absolute atomic E-state index is 2.39. The molecule has 0 unspecified atom stereocenters. The van der Waals surface area contributed by atoms with Crippen LogP contribution in [-0.4, -0.2) is 6.04 Å². The molecular weight excluding hydrogens is 278 g/mol. The van der Waals surface area contributed by atoms with Gasteiger partial charge in [0.15, 0.2) is 0 Å². The number of hydrogen-bond donors (Lipinski definition) is 0. The van der Waals surface area contributed by atoms with Crippen LogP contribution in [0.15, 0.2) is 78.9 Å². The van der Waals surface area contributed by atoms with Gasteiger partial charge in [-0.1, -0.05) is 54.6 Å². The van der Waals surface area contributed by atoms with Crippen LogP contribution in [0.3, 0.4) is 0 Å². The Morgan fingerprint density at radius 2 is 1.26 bits per heavy atom. The highest BCUT2D eigenvalue weighted by Gasteiger charge is 2.13. The number of anilines is 2. The van der Waals surface area contributed by atoms with Crippen molar-refractivity contribution in [3.05, 3.63) is 84.4 Å². The smallest absolute Gasteiger partial charge is 0.0419 e. The molecule has 3 rings (SSSR count). The Balaban J connectivity index is 2.04. The van der Waals surface area contributed by atoms with E-state index in [1.54, 1.807) is 0 Å². The van der Waals surface area contributed by atoms with Crippen LogP contribution in [0.2, 0.25) is 0 Å². The minimum absolute atomic E-state index is 0.392. The van der Waals surface area contributed by atoms with E-state index in [4.69, 9.17) is 0 Å². The maximum atomic E-state index is 2.39. The first kappa shape index (κ1) is 15.4. The van der Waals surface area contributed by atoms with Crippen LogP contribution in [0.25, 0.3) is 11.1 Å². The summed E-state index contributed by atoms with van der Waals surface area (Å²) in [4.78, 5) is 2.39. The minimum atomic E-state index is 0.392. The fourth-order valence-corrected chi connectivity index (χ4v) is 2.99. The second-order valence-corrected chi connectivity index (χ2v) is 6.22. The summed E-state index contributed by atoms with van der Waals surface area (Å²) in [6.07, 6.45) is 0. The van der Waals surface area contributed by atoms with Crippen molar-refractivity contribution < 1.29 is 0 Å². The third kappa shape index (κ3) is 3.45. The average molecular weight is 301 g/mol. The summed E-state index contributed by atoms with van der Waals surface area (Å²) in [6, 6.07) is 28.4. The topological polar surface area (TPSA) is 3.24 Å². The summed E-state index contributed by atoms with van der Waals surface area (Å²) in [7, 11) is 0. The van der Waals surface area contributed by atoms with Crippen molar-refractivity contribution in [3.8, 4) is 11.1 Å². The fourth-order valence-electron chi connectivity index (χ4n) is 2.99. The zero-order valence-electron chi connectivity index (χ0n) is 14.0. The van der Waals surface area contributed by atoms with Crippen LogP contribution in [0.5, 0.6) is 0 Å². The van der Waals surface area contributed by atoms with Crippen molar-refractivity contribution in [2.45, 2.75) is 26.8 Å². The van der Waals surface area contributed by atoms with Gasteiger partial charge in [-0.15, -0.1) is 0 Å². The van der Waals surface area contributed by atoms with Crippen molar-refractivity contribution >= 4 is 11.4 Å². The van der Waals surface area contributed by atoms with Gasteiger partial charge in [0, 0.05) is 17.4 Å². The van der Waals surface area contributed by atoms with E-state index in [1.165, 1.54) is 28.1 Å². The minimum Gasteiger partial charge on any atom is -0.339 e. The van der Waals surface area contributed by atoms with Gasteiger partial charge in [0.2, 0.25) is 0 Å². The van der Waals surface area contributed by atoms with Crippen LogP contribution in [0.4, 0.5) is 11.4 Å². The second-order valence-electron chi connectivity index (χ2n) is 6.22. The molecule has 0 aliphatic heterocycles. The van der Waals surface area contributed by atoms with E-state index in [-0.39, 0.29) is 0 Å². The Morgan fingerprint density at radius 1 is 0.652 bits per heavy atom. The molecule has 0 saturated carbocycles. The summed E-state index contributed by atoms with van der Waals surface area (Å²) in [5, 5.41) is 0. The quantitative estimate of drug-likeness (QED) is 0.554. The highest BCUT2D eigenvalue weighted by atomic mass is 15.2. The van der Waals surface area contributed by atoms with E-state index in [0.717, 1.165) is 0 Å². The zero-order chi connectivity index (χ0) is 16.2. The van der Waals surface area contributed by atoms with E-state index in [2.05, 4.69) is 105 Å². The molecule has 0 heterocycles. The molecule has 0 bridgehead atoms.